The summed E-state index contributed by atoms with van der Waals surface area (Å²) in [6, 6.07) is 11.7. The Morgan fingerprint density at radius 3 is 2.29 bits per heavy atom. The summed E-state index contributed by atoms with van der Waals surface area (Å²) in [7, 11) is 3.37. The van der Waals surface area contributed by atoms with E-state index in [4.69, 9.17) is 4.74 Å². The predicted molar refractivity (Wildman–Crippen MR) is 84.4 cm³/mol. The quantitative estimate of drug-likeness (QED) is 0.899. The van der Waals surface area contributed by atoms with Crippen molar-refractivity contribution in [3.8, 4) is 5.75 Å². The average molecular weight is 287 g/mol. The van der Waals surface area contributed by atoms with Crippen LogP contribution >= 0.6 is 0 Å². The van der Waals surface area contributed by atoms with Gasteiger partial charge in [-0.25, -0.2) is 4.39 Å². The topological polar surface area (TPSA) is 21.3 Å². The zero-order valence-electron chi connectivity index (χ0n) is 13.0. The van der Waals surface area contributed by atoms with Gasteiger partial charge in [0.15, 0.2) is 11.6 Å². The highest BCUT2D eigenvalue weighted by Gasteiger charge is 2.13. The molecule has 0 aliphatic heterocycles. The van der Waals surface area contributed by atoms with Crippen LogP contribution in [0.4, 0.5) is 4.39 Å². The van der Waals surface area contributed by atoms with Gasteiger partial charge in [-0.2, -0.15) is 0 Å². The van der Waals surface area contributed by atoms with Gasteiger partial charge >= 0.3 is 0 Å². The van der Waals surface area contributed by atoms with E-state index in [1.54, 1.807) is 12.1 Å². The Balaban J connectivity index is 2.25. The molecule has 0 aromatic heterocycles. The molecule has 2 aromatic rings. The van der Waals surface area contributed by atoms with Gasteiger partial charge in [-0.1, -0.05) is 35.4 Å². The standard InChI is InChI=1S/C18H22FNO/c1-12-7-13(2)9-14(8-12)10-17(20-3)15-5-6-18(21-4)16(19)11-15/h5-9,11,17,20H,10H2,1-4H3. The first-order valence-electron chi connectivity index (χ1n) is 7.11. The Hall–Kier alpha value is -1.87. The first kappa shape index (κ1) is 15.5. The molecule has 0 radical (unpaired) electrons. The van der Waals surface area contributed by atoms with Crippen LogP contribution in [0.15, 0.2) is 36.4 Å². The lowest BCUT2D eigenvalue weighted by molar-refractivity contribution is 0.385. The van der Waals surface area contributed by atoms with E-state index in [1.807, 2.05) is 13.1 Å². The smallest absolute Gasteiger partial charge is 0.165 e. The summed E-state index contributed by atoms with van der Waals surface area (Å²) in [5.74, 6) is -0.0457. The maximum absolute atomic E-state index is 13.9. The van der Waals surface area contributed by atoms with Crippen LogP contribution in [0.25, 0.3) is 0 Å². The fraction of sp³-hybridized carbons (Fsp3) is 0.333. The molecule has 0 fully saturated rings. The van der Waals surface area contributed by atoms with Gasteiger partial charge in [0.05, 0.1) is 7.11 Å². The molecule has 0 saturated carbocycles. The molecule has 112 valence electrons. The number of methoxy groups -OCH3 is 1. The Labute approximate surface area is 126 Å². The molecule has 0 aliphatic carbocycles. The molecule has 2 nitrogen and oxygen atoms in total. The molecule has 1 unspecified atom stereocenters. The first-order valence-corrected chi connectivity index (χ1v) is 7.11. The lowest BCUT2D eigenvalue weighted by Gasteiger charge is -2.18. The Morgan fingerprint density at radius 1 is 1.10 bits per heavy atom. The lowest BCUT2D eigenvalue weighted by Crippen LogP contribution is -2.19. The second-order valence-corrected chi connectivity index (χ2v) is 5.44. The molecule has 0 aliphatic rings. The summed E-state index contributed by atoms with van der Waals surface area (Å²) in [6.07, 6.45) is 0.824. The van der Waals surface area contributed by atoms with Crippen molar-refractivity contribution in [1.82, 2.24) is 5.32 Å². The van der Waals surface area contributed by atoms with E-state index in [1.165, 1.54) is 23.8 Å². The monoisotopic (exact) mass is 287 g/mol. The number of ether oxygens (including phenoxy) is 1. The van der Waals surface area contributed by atoms with Crippen LogP contribution in [-0.4, -0.2) is 14.2 Å². The fourth-order valence-electron chi connectivity index (χ4n) is 2.71. The maximum Gasteiger partial charge on any atom is 0.165 e. The van der Waals surface area contributed by atoms with Gasteiger partial charge in [0.1, 0.15) is 0 Å². The highest BCUT2D eigenvalue weighted by molar-refractivity contribution is 5.34. The molecule has 1 N–H and O–H groups in total. The third-order valence-electron chi connectivity index (χ3n) is 3.65. The van der Waals surface area contributed by atoms with Crippen LogP contribution in [0.2, 0.25) is 0 Å². The van der Waals surface area contributed by atoms with Gasteiger partial charge in [0.2, 0.25) is 0 Å². The van der Waals surface area contributed by atoms with Crippen LogP contribution in [-0.2, 0) is 6.42 Å². The molecule has 0 bridgehead atoms. The van der Waals surface area contributed by atoms with Crippen molar-refractivity contribution >= 4 is 0 Å². The van der Waals surface area contributed by atoms with Crippen LogP contribution in [0.1, 0.15) is 28.3 Å². The van der Waals surface area contributed by atoms with Gasteiger partial charge in [0.25, 0.3) is 0 Å². The van der Waals surface area contributed by atoms with Gasteiger partial charge in [0, 0.05) is 6.04 Å². The number of hydrogen-bond acceptors (Lipinski definition) is 2. The van der Waals surface area contributed by atoms with E-state index in [-0.39, 0.29) is 17.6 Å². The van der Waals surface area contributed by atoms with Gasteiger partial charge in [-0.15, -0.1) is 0 Å². The summed E-state index contributed by atoms with van der Waals surface area (Å²) in [6.45, 7) is 4.19. The molecule has 1 atom stereocenters. The number of aryl methyl sites for hydroxylation is 2. The van der Waals surface area contributed by atoms with E-state index in [0.717, 1.165) is 12.0 Å². The van der Waals surface area contributed by atoms with Gasteiger partial charge in [-0.3, -0.25) is 0 Å². The SMILES string of the molecule is CNC(Cc1cc(C)cc(C)c1)c1ccc(OC)c(F)c1. The molecule has 2 rings (SSSR count). The normalized spacial score (nSPS) is 12.2. The highest BCUT2D eigenvalue weighted by Crippen LogP contribution is 2.24. The van der Waals surface area contributed by atoms with Crippen molar-refractivity contribution in [2.24, 2.45) is 0 Å². The maximum atomic E-state index is 13.9. The van der Waals surface area contributed by atoms with Crippen LogP contribution in [0, 0.1) is 19.7 Å². The Morgan fingerprint density at radius 2 is 1.76 bits per heavy atom. The molecular weight excluding hydrogens is 265 g/mol. The zero-order chi connectivity index (χ0) is 15.4. The van der Waals surface area contributed by atoms with Crippen molar-refractivity contribution in [3.63, 3.8) is 0 Å². The number of likely N-dealkylation sites (N-methyl/N-ethyl adjacent to an activating group) is 1. The Bertz CT molecular complexity index is 604. The molecule has 2 aromatic carbocycles. The molecule has 0 spiro atoms. The van der Waals surface area contributed by atoms with Crippen molar-refractivity contribution in [2.75, 3.05) is 14.2 Å². The molecular formula is C18H22FNO. The lowest BCUT2D eigenvalue weighted by atomic mass is 9.96. The molecule has 0 heterocycles. The largest absolute Gasteiger partial charge is 0.494 e. The third kappa shape index (κ3) is 3.82. The fourth-order valence-corrected chi connectivity index (χ4v) is 2.71. The van der Waals surface area contributed by atoms with E-state index in [0.29, 0.717) is 0 Å². The van der Waals surface area contributed by atoms with Crippen molar-refractivity contribution in [3.05, 3.63) is 64.5 Å². The zero-order valence-corrected chi connectivity index (χ0v) is 13.0. The molecule has 0 amide bonds. The molecule has 21 heavy (non-hydrogen) atoms. The third-order valence-corrected chi connectivity index (χ3v) is 3.65. The van der Waals surface area contributed by atoms with E-state index in [9.17, 15) is 4.39 Å². The van der Waals surface area contributed by atoms with Crippen LogP contribution in [0.3, 0.4) is 0 Å². The number of rotatable bonds is 5. The minimum absolute atomic E-state index is 0.0756. The Kier molecular flexibility index (Phi) is 4.97. The number of nitrogens with one attached hydrogen (secondary N) is 1. The number of halogens is 1. The molecule has 0 saturated heterocycles. The number of hydrogen-bond donors (Lipinski definition) is 1. The minimum atomic E-state index is -0.323. The second-order valence-electron chi connectivity index (χ2n) is 5.44. The second kappa shape index (κ2) is 6.72. The van der Waals surface area contributed by atoms with E-state index < -0.39 is 0 Å². The average Bonchev–Trinajstić information content (AvgIpc) is 2.43. The van der Waals surface area contributed by atoms with Crippen LogP contribution in [0.5, 0.6) is 5.75 Å². The summed E-state index contributed by atoms with van der Waals surface area (Å²) < 4.78 is 18.8. The van der Waals surface area contributed by atoms with Crippen molar-refractivity contribution in [2.45, 2.75) is 26.3 Å². The summed E-state index contributed by atoms with van der Waals surface area (Å²) in [4.78, 5) is 0. The van der Waals surface area contributed by atoms with E-state index in [2.05, 4.69) is 37.4 Å². The van der Waals surface area contributed by atoms with Crippen molar-refractivity contribution < 1.29 is 9.13 Å². The first-order chi connectivity index (χ1) is 10.0. The number of benzene rings is 2. The highest BCUT2D eigenvalue weighted by atomic mass is 19.1. The summed E-state index contributed by atoms with van der Waals surface area (Å²) in [5, 5.41) is 3.26. The van der Waals surface area contributed by atoms with Gasteiger partial charge in [-0.05, 0) is 50.6 Å². The molecule has 3 heteroatoms. The summed E-state index contributed by atoms with van der Waals surface area (Å²) >= 11 is 0. The van der Waals surface area contributed by atoms with Crippen molar-refractivity contribution in [1.29, 1.82) is 0 Å². The van der Waals surface area contributed by atoms with E-state index >= 15 is 0 Å². The van der Waals surface area contributed by atoms with Crippen LogP contribution < -0.4 is 10.1 Å². The predicted octanol–water partition coefficient (Wildman–Crippen LogP) is 3.95. The summed E-state index contributed by atoms with van der Waals surface area (Å²) in [5.41, 5.74) is 4.68. The minimum Gasteiger partial charge on any atom is -0.494 e. The van der Waals surface area contributed by atoms with Gasteiger partial charge < -0.3 is 10.1 Å².